The van der Waals surface area contributed by atoms with Gasteiger partial charge in [0.05, 0.1) is 27.9 Å². The molecule has 158 valence electrons. The number of rotatable bonds is 5. The van der Waals surface area contributed by atoms with Crippen LogP contribution in [0.3, 0.4) is 0 Å². The molecule has 2 fully saturated rings. The highest BCUT2D eigenvalue weighted by molar-refractivity contribution is 5.96. The zero-order valence-electron chi connectivity index (χ0n) is 17.8. The quantitative estimate of drug-likeness (QED) is 0.756. The van der Waals surface area contributed by atoms with Crippen molar-refractivity contribution in [1.82, 2.24) is 9.80 Å². The van der Waals surface area contributed by atoms with E-state index in [1.807, 2.05) is 23.1 Å². The van der Waals surface area contributed by atoms with Gasteiger partial charge in [-0.1, -0.05) is 30.3 Å². The second-order valence-electron chi connectivity index (χ2n) is 7.64. The third-order valence-corrected chi connectivity index (χ3v) is 5.86. The number of benzene rings is 2. The van der Waals surface area contributed by atoms with Crippen LogP contribution in [0.2, 0.25) is 0 Å². The smallest absolute Gasteiger partial charge is 0.254 e. The second kappa shape index (κ2) is 8.69. The lowest BCUT2D eigenvalue weighted by atomic mass is 10.1. The lowest BCUT2D eigenvalue weighted by Gasteiger charge is -2.41. The van der Waals surface area contributed by atoms with Crippen LogP contribution in [0.25, 0.3) is 6.08 Å². The van der Waals surface area contributed by atoms with Crippen molar-refractivity contribution in [3.63, 3.8) is 0 Å². The predicted molar refractivity (Wildman–Crippen MR) is 116 cm³/mol. The molecule has 4 rings (SSSR count). The summed E-state index contributed by atoms with van der Waals surface area (Å²) < 4.78 is 16.3. The van der Waals surface area contributed by atoms with Crippen LogP contribution in [-0.2, 0) is 0 Å². The van der Waals surface area contributed by atoms with Gasteiger partial charge < -0.3 is 24.0 Å². The fourth-order valence-corrected chi connectivity index (χ4v) is 4.42. The number of carbonyl (C=O) groups excluding carboxylic acids is 1. The number of hydrogen-bond acceptors (Lipinski definition) is 5. The molecule has 0 bridgehead atoms. The van der Waals surface area contributed by atoms with Crippen LogP contribution < -0.4 is 14.2 Å². The summed E-state index contributed by atoms with van der Waals surface area (Å²) in [4.78, 5) is 17.8. The molecule has 0 saturated carbocycles. The lowest BCUT2D eigenvalue weighted by molar-refractivity contribution is 0.0657. The molecule has 30 heavy (non-hydrogen) atoms. The van der Waals surface area contributed by atoms with E-state index in [-0.39, 0.29) is 5.91 Å². The van der Waals surface area contributed by atoms with E-state index < -0.39 is 0 Å². The van der Waals surface area contributed by atoms with Gasteiger partial charge >= 0.3 is 0 Å². The minimum atomic E-state index is -0.0280. The summed E-state index contributed by atoms with van der Waals surface area (Å²) in [5, 5.41) is 0. The van der Waals surface area contributed by atoms with E-state index >= 15 is 0 Å². The molecule has 1 amide bonds. The molecular weight excluding hydrogens is 380 g/mol. The van der Waals surface area contributed by atoms with Crippen LogP contribution >= 0.6 is 0 Å². The van der Waals surface area contributed by atoms with Crippen molar-refractivity contribution in [3.8, 4) is 17.2 Å². The van der Waals surface area contributed by atoms with Crippen LogP contribution in [0.1, 0.15) is 28.8 Å². The summed E-state index contributed by atoms with van der Waals surface area (Å²) in [6.45, 7) is 2.36. The zero-order chi connectivity index (χ0) is 21.1. The summed E-state index contributed by atoms with van der Waals surface area (Å²) in [7, 11) is 4.68. The second-order valence-corrected chi connectivity index (χ2v) is 7.64. The first-order valence-corrected chi connectivity index (χ1v) is 10.3. The summed E-state index contributed by atoms with van der Waals surface area (Å²) in [5.41, 5.74) is 2.88. The van der Waals surface area contributed by atoms with Gasteiger partial charge in [-0.2, -0.15) is 0 Å². The van der Waals surface area contributed by atoms with Gasteiger partial charge in [-0.3, -0.25) is 4.79 Å². The summed E-state index contributed by atoms with van der Waals surface area (Å²) in [5.74, 6) is 1.43. The van der Waals surface area contributed by atoms with Crippen molar-refractivity contribution in [1.29, 1.82) is 0 Å². The molecule has 0 unspecified atom stereocenters. The Morgan fingerprint density at radius 2 is 1.73 bits per heavy atom. The summed E-state index contributed by atoms with van der Waals surface area (Å²) in [6.07, 6.45) is 4.46. The number of carbonyl (C=O) groups is 1. The molecule has 2 heterocycles. The lowest BCUT2D eigenvalue weighted by Crippen LogP contribution is -2.50. The Labute approximate surface area is 177 Å². The van der Waals surface area contributed by atoms with E-state index in [2.05, 4.69) is 23.1 Å². The Morgan fingerprint density at radius 1 is 1.03 bits per heavy atom. The van der Waals surface area contributed by atoms with Gasteiger partial charge in [0, 0.05) is 30.4 Å². The Hall–Kier alpha value is -3.15. The van der Waals surface area contributed by atoms with Gasteiger partial charge in [0.25, 0.3) is 5.91 Å². The van der Waals surface area contributed by atoms with Crippen molar-refractivity contribution in [2.75, 3.05) is 41.0 Å². The molecule has 0 aliphatic carbocycles. The maximum Gasteiger partial charge on any atom is 0.254 e. The Kier molecular flexibility index (Phi) is 5.84. The summed E-state index contributed by atoms with van der Waals surface area (Å²) >= 11 is 0. The third-order valence-electron chi connectivity index (χ3n) is 5.86. The van der Waals surface area contributed by atoms with Crippen LogP contribution in [0, 0.1) is 0 Å². The number of methoxy groups -OCH3 is 3. The predicted octanol–water partition coefficient (Wildman–Crippen LogP) is 3.67. The fourth-order valence-electron chi connectivity index (χ4n) is 4.42. The molecule has 2 saturated heterocycles. The Bertz CT molecular complexity index is 916. The first kappa shape index (κ1) is 20.1. The molecule has 2 aromatic carbocycles. The topological polar surface area (TPSA) is 51.2 Å². The molecule has 1 atom stereocenters. The number of amides is 1. The Morgan fingerprint density at radius 3 is 2.37 bits per heavy atom. The van der Waals surface area contributed by atoms with E-state index in [1.165, 1.54) is 5.70 Å². The average Bonchev–Trinajstić information content (AvgIpc) is 3.27. The van der Waals surface area contributed by atoms with E-state index in [4.69, 9.17) is 14.2 Å². The molecule has 0 N–H and O–H groups in total. The van der Waals surface area contributed by atoms with Crippen LogP contribution in [0.5, 0.6) is 17.2 Å². The van der Waals surface area contributed by atoms with Gasteiger partial charge in [-0.05, 0) is 36.6 Å². The average molecular weight is 408 g/mol. The highest BCUT2D eigenvalue weighted by Crippen LogP contribution is 2.39. The van der Waals surface area contributed by atoms with E-state index in [1.54, 1.807) is 33.5 Å². The van der Waals surface area contributed by atoms with E-state index in [0.717, 1.165) is 31.5 Å². The highest BCUT2D eigenvalue weighted by atomic mass is 16.5. The van der Waals surface area contributed by atoms with Crippen molar-refractivity contribution in [2.45, 2.75) is 18.9 Å². The Balaban J connectivity index is 1.65. The SMILES string of the molecule is COc1cc(C(=O)N2C/C(=C/c3ccccc3)N3CCC[C@H]3C2)cc(OC)c1OC. The number of piperazine rings is 1. The van der Waals surface area contributed by atoms with Crippen molar-refractivity contribution < 1.29 is 19.0 Å². The van der Waals surface area contributed by atoms with Crippen molar-refractivity contribution in [3.05, 3.63) is 59.3 Å². The largest absolute Gasteiger partial charge is 0.493 e. The highest BCUT2D eigenvalue weighted by Gasteiger charge is 2.35. The minimum absolute atomic E-state index is 0.0280. The van der Waals surface area contributed by atoms with Crippen molar-refractivity contribution in [2.24, 2.45) is 0 Å². The molecule has 0 radical (unpaired) electrons. The van der Waals surface area contributed by atoms with Crippen LogP contribution in [0.4, 0.5) is 0 Å². The normalized spacial score (nSPS) is 19.6. The number of ether oxygens (including phenoxy) is 3. The van der Waals surface area contributed by atoms with Crippen molar-refractivity contribution >= 4 is 12.0 Å². The molecule has 6 heteroatoms. The van der Waals surface area contributed by atoms with E-state index in [0.29, 0.717) is 35.4 Å². The van der Waals surface area contributed by atoms with Gasteiger partial charge in [0.15, 0.2) is 11.5 Å². The first-order valence-electron chi connectivity index (χ1n) is 10.3. The zero-order valence-corrected chi connectivity index (χ0v) is 17.8. The molecule has 0 aromatic heterocycles. The molecule has 2 aromatic rings. The summed E-state index contributed by atoms with van der Waals surface area (Å²) in [6, 6.07) is 14.1. The number of nitrogens with zero attached hydrogens (tertiary/aromatic N) is 2. The van der Waals surface area contributed by atoms with Gasteiger partial charge in [-0.25, -0.2) is 0 Å². The monoisotopic (exact) mass is 408 g/mol. The van der Waals surface area contributed by atoms with Gasteiger partial charge in [-0.15, -0.1) is 0 Å². The molecule has 2 aliphatic rings. The van der Waals surface area contributed by atoms with E-state index in [9.17, 15) is 4.79 Å². The maximum atomic E-state index is 13.5. The molecule has 2 aliphatic heterocycles. The molecule has 0 spiro atoms. The fraction of sp³-hybridized carbons (Fsp3) is 0.375. The van der Waals surface area contributed by atoms with Crippen LogP contribution in [-0.4, -0.2) is 62.7 Å². The molecular formula is C24H28N2O4. The maximum absolute atomic E-state index is 13.5. The standard InChI is InChI=1S/C24H28N2O4/c1-28-21-13-18(14-22(29-2)23(21)30-3)24(27)25-15-19-10-7-11-26(19)20(16-25)12-17-8-5-4-6-9-17/h4-6,8-9,12-14,19H,7,10-11,15-16H2,1-3H3/b20-12-/t19-/m0/s1. The number of hydrogen-bond donors (Lipinski definition) is 0. The third kappa shape index (κ3) is 3.82. The minimum Gasteiger partial charge on any atom is -0.493 e. The van der Waals surface area contributed by atoms with Gasteiger partial charge in [0.1, 0.15) is 0 Å². The van der Waals surface area contributed by atoms with Gasteiger partial charge in [0.2, 0.25) is 5.75 Å². The number of fused-ring (bicyclic) bond motifs is 1. The van der Waals surface area contributed by atoms with Crippen LogP contribution in [0.15, 0.2) is 48.2 Å². The molecule has 6 nitrogen and oxygen atoms in total. The first-order chi connectivity index (χ1) is 14.6.